The Morgan fingerprint density at radius 1 is 1.50 bits per heavy atom. The summed E-state index contributed by atoms with van der Waals surface area (Å²) < 4.78 is 0. The Bertz CT molecular complexity index is 224. The van der Waals surface area contributed by atoms with Crippen molar-refractivity contribution in [1.82, 2.24) is 5.32 Å². The molecule has 2 aliphatic heterocycles. The first-order valence-corrected chi connectivity index (χ1v) is 4.56. The van der Waals surface area contributed by atoms with Crippen LogP contribution in [-0.2, 0) is 0 Å². The van der Waals surface area contributed by atoms with E-state index in [0.29, 0.717) is 0 Å². The highest BCUT2D eigenvalue weighted by atomic mass is 15.0. The van der Waals surface area contributed by atoms with Gasteiger partial charge in [0.05, 0.1) is 5.54 Å². The molecule has 2 heterocycles. The highest BCUT2D eigenvalue weighted by Gasteiger charge is 2.34. The molecule has 0 radical (unpaired) electrons. The third-order valence-electron chi connectivity index (χ3n) is 2.81. The molecule has 0 saturated carbocycles. The second kappa shape index (κ2) is 2.90. The normalized spacial score (nSPS) is 35.2. The van der Waals surface area contributed by atoms with Crippen molar-refractivity contribution in [1.29, 1.82) is 0 Å². The summed E-state index contributed by atoms with van der Waals surface area (Å²) in [5.41, 5.74) is 6.89. The number of hydrogen-bond donors (Lipinski definition) is 2. The number of nitrogens with two attached hydrogens (primary N) is 1. The van der Waals surface area contributed by atoms with Crippen molar-refractivity contribution in [2.24, 2.45) is 10.7 Å². The lowest BCUT2D eigenvalue weighted by atomic mass is 9.83. The summed E-state index contributed by atoms with van der Waals surface area (Å²) >= 11 is 0. The number of aliphatic imine (C=N–C) groups is 1. The van der Waals surface area contributed by atoms with Crippen molar-refractivity contribution in [2.45, 2.75) is 31.2 Å². The van der Waals surface area contributed by atoms with E-state index >= 15 is 0 Å². The summed E-state index contributed by atoms with van der Waals surface area (Å²) in [6, 6.07) is 0. The van der Waals surface area contributed by atoms with Gasteiger partial charge >= 0.3 is 0 Å². The van der Waals surface area contributed by atoms with Gasteiger partial charge in [0.1, 0.15) is 0 Å². The molecule has 3 nitrogen and oxygen atoms in total. The molecular weight excluding hydrogens is 150 g/mol. The Hall–Kier alpha value is -0.830. The lowest BCUT2D eigenvalue weighted by Gasteiger charge is -2.39. The number of nitrogens with one attached hydrogen (secondary N) is 1. The van der Waals surface area contributed by atoms with Crippen LogP contribution in [0.15, 0.2) is 16.9 Å². The molecular formula is C9H15N3. The molecule has 12 heavy (non-hydrogen) atoms. The zero-order valence-corrected chi connectivity index (χ0v) is 7.21. The maximum absolute atomic E-state index is 5.93. The monoisotopic (exact) mass is 165 g/mol. The Morgan fingerprint density at radius 2 is 2.42 bits per heavy atom. The lowest BCUT2D eigenvalue weighted by molar-refractivity contribution is 0.303. The SMILES string of the molecule is NC1=CN=CCC12CCCCN2. The fourth-order valence-electron chi connectivity index (χ4n) is 1.97. The van der Waals surface area contributed by atoms with E-state index in [1.165, 1.54) is 12.8 Å². The smallest absolute Gasteiger partial charge is 0.0646 e. The van der Waals surface area contributed by atoms with E-state index in [4.69, 9.17) is 5.73 Å². The third-order valence-corrected chi connectivity index (χ3v) is 2.81. The zero-order chi connectivity index (χ0) is 8.44. The van der Waals surface area contributed by atoms with Crippen LogP contribution in [0.5, 0.6) is 0 Å². The maximum atomic E-state index is 5.93. The quantitative estimate of drug-likeness (QED) is 0.557. The topological polar surface area (TPSA) is 50.4 Å². The van der Waals surface area contributed by atoms with Crippen molar-refractivity contribution in [3.05, 3.63) is 11.9 Å². The van der Waals surface area contributed by atoms with Gasteiger partial charge in [-0.3, -0.25) is 4.99 Å². The van der Waals surface area contributed by atoms with Crippen LogP contribution in [0.1, 0.15) is 25.7 Å². The molecule has 1 atom stereocenters. The number of piperidine rings is 1. The maximum Gasteiger partial charge on any atom is 0.0646 e. The van der Waals surface area contributed by atoms with Crippen LogP contribution in [0.25, 0.3) is 0 Å². The zero-order valence-electron chi connectivity index (χ0n) is 7.21. The van der Waals surface area contributed by atoms with Crippen LogP contribution in [0.2, 0.25) is 0 Å². The van der Waals surface area contributed by atoms with Gasteiger partial charge in [0.15, 0.2) is 0 Å². The Kier molecular flexibility index (Phi) is 1.89. The van der Waals surface area contributed by atoms with Gasteiger partial charge in [0.2, 0.25) is 0 Å². The average Bonchev–Trinajstić information content (AvgIpc) is 2.12. The van der Waals surface area contributed by atoms with Crippen LogP contribution >= 0.6 is 0 Å². The van der Waals surface area contributed by atoms with Gasteiger partial charge in [-0.2, -0.15) is 0 Å². The molecule has 1 spiro atoms. The molecule has 1 saturated heterocycles. The van der Waals surface area contributed by atoms with Crippen molar-refractivity contribution < 1.29 is 0 Å². The summed E-state index contributed by atoms with van der Waals surface area (Å²) in [6.45, 7) is 1.09. The summed E-state index contributed by atoms with van der Waals surface area (Å²) in [5.74, 6) is 0. The van der Waals surface area contributed by atoms with Gasteiger partial charge in [-0.1, -0.05) is 0 Å². The number of hydrogen-bond acceptors (Lipinski definition) is 3. The number of rotatable bonds is 0. The first-order chi connectivity index (χ1) is 5.83. The predicted octanol–water partition coefficient (Wildman–Crippen LogP) is 0.773. The van der Waals surface area contributed by atoms with Crippen LogP contribution < -0.4 is 11.1 Å². The van der Waals surface area contributed by atoms with Gasteiger partial charge < -0.3 is 11.1 Å². The highest BCUT2D eigenvalue weighted by molar-refractivity contribution is 5.63. The fraction of sp³-hybridized carbons (Fsp3) is 0.667. The predicted molar refractivity (Wildman–Crippen MR) is 50.0 cm³/mol. The third kappa shape index (κ3) is 1.14. The molecule has 0 aliphatic carbocycles. The molecule has 0 bridgehead atoms. The molecule has 0 aromatic carbocycles. The molecule has 3 heteroatoms. The molecule has 0 aromatic rings. The van der Waals surface area contributed by atoms with Crippen LogP contribution in [-0.4, -0.2) is 18.3 Å². The summed E-state index contributed by atoms with van der Waals surface area (Å²) in [4.78, 5) is 4.06. The Balaban J connectivity index is 2.18. The van der Waals surface area contributed by atoms with E-state index < -0.39 is 0 Å². The van der Waals surface area contributed by atoms with E-state index in [9.17, 15) is 0 Å². The van der Waals surface area contributed by atoms with Crippen molar-refractivity contribution in [2.75, 3.05) is 6.54 Å². The molecule has 0 amide bonds. The van der Waals surface area contributed by atoms with Gasteiger partial charge in [-0.15, -0.1) is 0 Å². The lowest BCUT2D eigenvalue weighted by Crippen LogP contribution is -2.53. The average molecular weight is 165 g/mol. The van der Waals surface area contributed by atoms with Crippen molar-refractivity contribution in [3.8, 4) is 0 Å². The van der Waals surface area contributed by atoms with E-state index in [2.05, 4.69) is 10.3 Å². The molecule has 2 aliphatic rings. The summed E-state index contributed by atoms with van der Waals surface area (Å²) in [7, 11) is 0. The minimum absolute atomic E-state index is 0.0556. The molecule has 2 rings (SSSR count). The Labute approximate surface area is 72.7 Å². The molecule has 1 fully saturated rings. The van der Waals surface area contributed by atoms with Crippen LogP contribution in [0.4, 0.5) is 0 Å². The summed E-state index contributed by atoms with van der Waals surface area (Å²) in [5, 5.41) is 3.50. The van der Waals surface area contributed by atoms with E-state index in [1.54, 1.807) is 6.20 Å². The number of nitrogens with zero attached hydrogens (tertiary/aromatic N) is 1. The van der Waals surface area contributed by atoms with Gasteiger partial charge in [0, 0.05) is 24.5 Å². The fourth-order valence-corrected chi connectivity index (χ4v) is 1.97. The minimum Gasteiger partial charge on any atom is -0.399 e. The van der Waals surface area contributed by atoms with Crippen molar-refractivity contribution in [3.63, 3.8) is 0 Å². The van der Waals surface area contributed by atoms with Gasteiger partial charge in [-0.25, -0.2) is 0 Å². The standard InChI is InChI=1S/C9H15N3/c10-8-7-11-6-4-9(8)3-1-2-5-12-9/h6-7,12H,1-5,10H2. The molecule has 1 unspecified atom stereocenters. The molecule has 0 aromatic heterocycles. The first-order valence-electron chi connectivity index (χ1n) is 4.56. The van der Waals surface area contributed by atoms with E-state index in [0.717, 1.165) is 25.1 Å². The minimum atomic E-state index is 0.0556. The van der Waals surface area contributed by atoms with Crippen LogP contribution in [0.3, 0.4) is 0 Å². The van der Waals surface area contributed by atoms with Gasteiger partial charge in [-0.05, 0) is 25.8 Å². The van der Waals surface area contributed by atoms with Gasteiger partial charge in [0.25, 0.3) is 0 Å². The molecule has 3 N–H and O–H groups in total. The highest BCUT2D eigenvalue weighted by Crippen LogP contribution is 2.28. The first kappa shape index (κ1) is 7.80. The van der Waals surface area contributed by atoms with E-state index in [1.807, 2.05) is 6.21 Å². The summed E-state index contributed by atoms with van der Waals surface area (Å²) in [6.07, 6.45) is 8.38. The Morgan fingerprint density at radius 3 is 3.08 bits per heavy atom. The van der Waals surface area contributed by atoms with E-state index in [-0.39, 0.29) is 5.54 Å². The largest absolute Gasteiger partial charge is 0.399 e. The second-order valence-corrected chi connectivity index (χ2v) is 3.59. The van der Waals surface area contributed by atoms with Crippen LogP contribution in [0, 0.1) is 0 Å². The molecule has 66 valence electrons. The van der Waals surface area contributed by atoms with Crippen molar-refractivity contribution >= 4 is 6.21 Å². The second-order valence-electron chi connectivity index (χ2n) is 3.59.